The predicted octanol–water partition coefficient (Wildman–Crippen LogP) is 4.61. The third kappa shape index (κ3) is 6.39. The molecule has 37 heavy (non-hydrogen) atoms. The normalized spacial score (nSPS) is 16.4. The molecule has 2 N–H and O–H groups in total. The standard InChI is InChI=1S/C29H31F2N5O/c30-24-8-11-27(28(31)17-24)29(37,19-36-21-32-20-33-36)18-35-14-12-26(13-15-35)34-25-9-6-23(7-10-25)16-22-4-2-1-3-5-22/h1-11,17,20-21,26,34,37H,12-16,18-19H2. The highest BCUT2D eigenvalue weighted by atomic mass is 19.1. The number of hydrogen-bond acceptors (Lipinski definition) is 5. The van der Waals surface area contributed by atoms with Gasteiger partial charge in [-0.2, -0.15) is 5.10 Å². The minimum absolute atomic E-state index is 0.0169. The second kappa shape index (κ2) is 11.2. The molecule has 1 aromatic heterocycles. The maximum absolute atomic E-state index is 14.7. The van der Waals surface area contributed by atoms with E-state index >= 15 is 0 Å². The first-order valence-corrected chi connectivity index (χ1v) is 12.6. The van der Waals surface area contributed by atoms with Crippen LogP contribution in [0.15, 0.2) is 85.5 Å². The van der Waals surface area contributed by atoms with Crippen molar-refractivity contribution >= 4 is 5.69 Å². The van der Waals surface area contributed by atoms with Crippen LogP contribution < -0.4 is 5.32 Å². The molecule has 1 saturated heterocycles. The summed E-state index contributed by atoms with van der Waals surface area (Å²) in [5, 5.41) is 19.3. The number of halogens is 2. The Balaban J connectivity index is 1.19. The average molecular weight is 504 g/mol. The zero-order chi connectivity index (χ0) is 25.7. The Kier molecular flexibility index (Phi) is 7.58. The Labute approximate surface area is 215 Å². The Morgan fingerprint density at radius 2 is 1.65 bits per heavy atom. The van der Waals surface area contributed by atoms with Crippen molar-refractivity contribution in [2.45, 2.75) is 37.5 Å². The molecule has 192 valence electrons. The first-order valence-electron chi connectivity index (χ1n) is 12.6. The number of hydrogen-bond donors (Lipinski definition) is 2. The highest BCUT2D eigenvalue weighted by molar-refractivity contribution is 5.46. The fourth-order valence-corrected chi connectivity index (χ4v) is 5.06. The van der Waals surface area contributed by atoms with Crippen LogP contribution in [0.25, 0.3) is 0 Å². The van der Waals surface area contributed by atoms with Crippen LogP contribution in [-0.4, -0.2) is 50.4 Å². The molecular formula is C29H31F2N5O. The lowest BCUT2D eigenvalue weighted by Gasteiger charge is -2.38. The zero-order valence-corrected chi connectivity index (χ0v) is 20.6. The van der Waals surface area contributed by atoms with Crippen molar-refractivity contribution in [1.82, 2.24) is 19.7 Å². The maximum atomic E-state index is 14.7. The van der Waals surface area contributed by atoms with Crippen LogP contribution >= 0.6 is 0 Å². The second-order valence-corrected chi connectivity index (χ2v) is 9.80. The van der Waals surface area contributed by atoms with Gasteiger partial charge in [0.25, 0.3) is 0 Å². The van der Waals surface area contributed by atoms with Crippen LogP contribution in [0.1, 0.15) is 29.5 Å². The first-order chi connectivity index (χ1) is 18.0. The van der Waals surface area contributed by atoms with Crippen LogP contribution in [0.3, 0.4) is 0 Å². The fraction of sp³-hybridized carbons (Fsp3) is 0.310. The number of aliphatic hydroxyl groups is 1. The van der Waals surface area contributed by atoms with Gasteiger partial charge in [0.1, 0.15) is 29.9 Å². The number of β-amino-alcohol motifs (C(OH)–C–C–N with tert-alkyl or cyclic N) is 1. The molecule has 0 bridgehead atoms. The van der Waals surface area contributed by atoms with Crippen molar-refractivity contribution in [1.29, 1.82) is 0 Å². The number of aromatic nitrogens is 3. The lowest BCUT2D eigenvalue weighted by molar-refractivity contribution is -0.0260. The lowest BCUT2D eigenvalue weighted by atomic mass is 9.91. The van der Waals surface area contributed by atoms with Gasteiger partial charge in [-0.15, -0.1) is 0 Å². The summed E-state index contributed by atoms with van der Waals surface area (Å²) in [5.41, 5.74) is 2.12. The summed E-state index contributed by atoms with van der Waals surface area (Å²) in [4.78, 5) is 6.05. The number of nitrogens with zero attached hydrogens (tertiary/aromatic N) is 4. The molecule has 0 aliphatic carbocycles. The number of likely N-dealkylation sites (tertiary alicyclic amines) is 1. The van der Waals surface area contributed by atoms with Gasteiger partial charge in [0, 0.05) is 43.0 Å². The molecule has 1 aliphatic heterocycles. The summed E-state index contributed by atoms with van der Waals surface area (Å²) >= 11 is 0. The number of nitrogens with one attached hydrogen (secondary N) is 1. The maximum Gasteiger partial charge on any atom is 0.137 e. The SMILES string of the molecule is OC(CN1CCC(Nc2ccc(Cc3ccccc3)cc2)CC1)(Cn1cncn1)c1ccc(F)cc1F. The van der Waals surface area contributed by atoms with Crippen LogP contribution in [0.2, 0.25) is 0 Å². The van der Waals surface area contributed by atoms with Crippen molar-refractivity contribution in [2.75, 3.05) is 25.0 Å². The topological polar surface area (TPSA) is 66.2 Å². The van der Waals surface area contributed by atoms with E-state index in [-0.39, 0.29) is 18.7 Å². The molecule has 1 unspecified atom stereocenters. The highest BCUT2D eigenvalue weighted by Gasteiger charge is 2.36. The van der Waals surface area contributed by atoms with Gasteiger partial charge in [0.05, 0.1) is 6.54 Å². The molecule has 5 rings (SSSR count). The van der Waals surface area contributed by atoms with Gasteiger partial charge in [-0.1, -0.05) is 48.5 Å². The molecule has 1 atom stereocenters. The summed E-state index contributed by atoms with van der Waals surface area (Å²) in [6.07, 6.45) is 5.53. The quantitative estimate of drug-likeness (QED) is 0.349. The molecule has 3 aromatic carbocycles. The van der Waals surface area contributed by atoms with Gasteiger partial charge in [-0.25, -0.2) is 18.4 Å². The third-order valence-electron chi connectivity index (χ3n) is 6.97. The van der Waals surface area contributed by atoms with Gasteiger partial charge in [0.15, 0.2) is 0 Å². The Morgan fingerprint density at radius 3 is 2.32 bits per heavy atom. The van der Waals surface area contributed by atoms with Crippen molar-refractivity contribution in [3.63, 3.8) is 0 Å². The molecule has 0 radical (unpaired) electrons. The van der Waals surface area contributed by atoms with Gasteiger partial charge in [-0.3, -0.25) is 4.90 Å². The molecule has 0 saturated carbocycles. The summed E-state index contributed by atoms with van der Waals surface area (Å²) in [6, 6.07) is 22.6. The highest BCUT2D eigenvalue weighted by Crippen LogP contribution is 2.29. The molecule has 1 fully saturated rings. The van der Waals surface area contributed by atoms with Gasteiger partial charge in [-0.05, 0) is 48.6 Å². The van der Waals surface area contributed by atoms with E-state index in [4.69, 9.17) is 0 Å². The van der Waals surface area contributed by atoms with Crippen molar-refractivity contribution in [3.8, 4) is 0 Å². The number of piperidine rings is 1. The van der Waals surface area contributed by atoms with Crippen molar-refractivity contribution < 1.29 is 13.9 Å². The van der Waals surface area contributed by atoms with Crippen LogP contribution in [-0.2, 0) is 18.6 Å². The molecule has 8 heteroatoms. The first kappa shape index (κ1) is 25.0. The van der Waals surface area contributed by atoms with Gasteiger partial charge < -0.3 is 10.4 Å². The zero-order valence-electron chi connectivity index (χ0n) is 20.6. The van der Waals surface area contributed by atoms with Crippen LogP contribution in [0.4, 0.5) is 14.5 Å². The van der Waals surface area contributed by atoms with E-state index in [1.807, 2.05) is 6.07 Å². The predicted molar refractivity (Wildman–Crippen MR) is 139 cm³/mol. The Morgan fingerprint density at radius 1 is 0.919 bits per heavy atom. The van der Waals surface area contributed by atoms with E-state index in [2.05, 4.69) is 68.8 Å². The fourth-order valence-electron chi connectivity index (χ4n) is 5.06. The molecule has 0 spiro atoms. The van der Waals surface area contributed by atoms with E-state index in [1.165, 1.54) is 40.6 Å². The molecule has 2 heterocycles. The summed E-state index contributed by atoms with van der Waals surface area (Å²) in [6.45, 7) is 1.71. The lowest BCUT2D eigenvalue weighted by Crippen LogP contribution is -2.48. The van der Waals surface area contributed by atoms with E-state index in [0.717, 1.165) is 44.1 Å². The summed E-state index contributed by atoms with van der Waals surface area (Å²) in [7, 11) is 0. The van der Waals surface area contributed by atoms with E-state index < -0.39 is 17.2 Å². The Hall–Kier alpha value is -3.62. The molecular weight excluding hydrogens is 472 g/mol. The van der Waals surface area contributed by atoms with E-state index in [0.29, 0.717) is 6.04 Å². The Bertz CT molecular complexity index is 1280. The van der Waals surface area contributed by atoms with Crippen LogP contribution in [0.5, 0.6) is 0 Å². The monoisotopic (exact) mass is 503 g/mol. The molecule has 6 nitrogen and oxygen atoms in total. The van der Waals surface area contributed by atoms with E-state index in [9.17, 15) is 13.9 Å². The minimum atomic E-state index is -1.58. The van der Waals surface area contributed by atoms with Crippen molar-refractivity contribution in [2.24, 2.45) is 0 Å². The number of rotatable bonds is 9. The van der Waals surface area contributed by atoms with Gasteiger partial charge in [0.2, 0.25) is 0 Å². The second-order valence-electron chi connectivity index (χ2n) is 9.80. The molecule has 0 amide bonds. The molecule has 4 aromatic rings. The smallest absolute Gasteiger partial charge is 0.137 e. The van der Waals surface area contributed by atoms with E-state index in [1.54, 1.807) is 0 Å². The number of benzene rings is 3. The largest absolute Gasteiger partial charge is 0.382 e. The summed E-state index contributed by atoms with van der Waals surface area (Å²) in [5.74, 6) is -1.45. The minimum Gasteiger partial charge on any atom is -0.382 e. The number of anilines is 1. The average Bonchev–Trinajstić information content (AvgIpc) is 3.39. The summed E-state index contributed by atoms with van der Waals surface area (Å²) < 4.78 is 29.7. The van der Waals surface area contributed by atoms with Crippen LogP contribution in [0, 0.1) is 11.6 Å². The third-order valence-corrected chi connectivity index (χ3v) is 6.97. The molecule has 1 aliphatic rings. The van der Waals surface area contributed by atoms with Gasteiger partial charge >= 0.3 is 0 Å². The van der Waals surface area contributed by atoms with Crippen molar-refractivity contribution in [3.05, 3.63) is 114 Å².